The Hall–Kier alpha value is -3.09. The van der Waals surface area contributed by atoms with Gasteiger partial charge in [-0.2, -0.15) is 0 Å². The Morgan fingerprint density at radius 3 is 2.73 bits per heavy atom. The van der Waals surface area contributed by atoms with Crippen LogP contribution in [-0.4, -0.2) is 37.0 Å². The van der Waals surface area contributed by atoms with Crippen molar-refractivity contribution in [2.24, 2.45) is 0 Å². The second kappa shape index (κ2) is 8.33. The minimum atomic E-state index is -0.188. The van der Waals surface area contributed by atoms with Gasteiger partial charge in [0, 0.05) is 37.2 Å². The number of amides is 1. The van der Waals surface area contributed by atoms with E-state index in [1.807, 2.05) is 0 Å². The van der Waals surface area contributed by atoms with Gasteiger partial charge in [0.25, 0.3) is 0 Å². The van der Waals surface area contributed by atoms with Crippen LogP contribution in [0.25, 0.3) is 0 Å². The lowest BCUT2D eigenvalue weighted by atomic mass is 10.1. The summed E-state index contributed by atoms with van der Waals surface area (Å²) in [6.45, 7) is 1.33. The van der Waals surface area contributed by atoms with Crippen LogP contribution in [0.5, 0.6) is 17.4 Å². The van der Waals surface area contributed by atoms with Crippen LogP contribution >= 0.6 is 0 Å². The molecule has 0 aliphatic carbocycles. The summed E-state index contributed by atoms with van der Waals surface area (Å²) < 4.78 is 15.9. The van der Waals surface area contributed by atoms with Gasteiger partial charge in [0.15, 0.2) is 17.3 Å². The first kappa shape index (κ1) is 17.7. The number of ketones is 1. The second-order valence-electron chi connectivity index (χ2n) is 5.76. The van der Waals surface area contributed by atoms with E-state index in [1.54, 1.807) is 36.5 Å². The Labute approximate surface area is 151 Å². The third kappa shape index (κ3) is 4.50. The van der Waals surface area contributed by atoms with E-state index in [0.717, 1.165) is 5.56 Å². The molecule has 0 unspecified atom stereocenters. The molecule has 1 aromatic heterocycles. The average molecular weight is 356 g/mol. The summed E-state index contributed by atoms with van der Waals surface area (Å²) in [5, 5.41) is 2.79. The largest absolute Gasteiger partial charge is 0.486 e. The molecule has 0 spiro atoms. The van der Waals surface area contributed by atoms with Gasteiger partial charge < -0.3 is 19.5 Å². The molecule has 1 aliphatic rings. The van der Waals surface area contributed by atoms with Crippen LogP contribution in [-0.2, 0) is 11.3 Å². The highest BCUT2D eigenvalue weighted by molar-refractivity contribution is 5.98. The molecular formula is C19H20N2O5. The van der Waals surface area contributed by atoms with Gasteiger partial charge in [0.05, 0.1) is 7.11 Å². The summed E-state index contributed by atoms with van der Waals surface area (Å²) in [6, 6.07) is 8.62. The van der Waals surface area contributed by atoms with Crippen molar-refractivity contribution in [1.82, 2.24) is 10.3 Å². The van der Waals surface area contributed by atoms with Crippen LogP contribution in [0.3, 0.4) is 0 Å². The summed E-state index contributed by atoms with van der Waals surface area (Å²) in [5.41, 5.74) is 1.39. The zero-order valence-electron chi connectivity index (χ0n) is 14.5. The number of benzene rings is 1. The van der Waals surface area contributed by atoms with Crippen LogP contribution in [0.15, 0.2) is 36.5 Å². The second-order valence-corrected chi connectivity index (χ2v) is 5.76. The summed E-state index contributed by atoms with van der Waals surface area (Å²) in [6.07, 6.45) is 1.87. The number of nitrogens with zero attached hydrogens (tertiary/aromatic N) is 1. The van der Waals surface area contributed by atoms with Gasteiger partial charge in [-0.1, -0.05) is 0 Å². The maximum atomic E-state index is 12.3. The molecule has 1 amide bonds. The first-order chi connectivity index (χ1) is 12.7. The monoisotopic (exact) mass is 356 g/mol. The lowest BCUT2D eigenvalue weighted by Gasteiger charge is -2.18. The van der Waals surface area contributed by atoms with Gasteiger partial charge in [-0.3, -0.25) is 9.59 Å². The average Bonchev–Trinajstić information content (AvgIpc) is 2.70. The molecule has 0 radical (unpaired) electrons. The highest BCUT2D eigenvalue weighted by atomic mass is 16.6. The number of hydrogen-bond donors (Lipinski definition) is 1. The number of aromatic nitrogens is 1. The number of nitrogens with one attached hydrogen (secondary N) is 1. The van der Waals surface area contributed by atoms with Gasteiger partial charge in [-0.15, -0.1) is 0 Å². The van der Waals surface area contributed by atoms with E-state index in [-0.39, 0.29) is 24.5 Å². The van der Waals surface area contributed by atoms with E-state index < -0.39 is 0 Å². The van der Waals surface area contributed by atoms with E-state index >= 15 is 0 Å². The smallest absolute Gasteiger partial charge is 0.220 e. The molecule has 7 nitrogen and oxygen atoms in total. The summed E-state index contributed by atoms with van der Waals surface area (Å²) in [5.74, 6) is 1.40. The standard InChI is InChI=1S/C19H20N2O5/c1-24-19-10-13(6-7-20-19)12-21-18(23)5-3-15(22)14-2-4-16-17(11-14)26-9-8-25-16/h2,4,6-7,10-11H,3,5,8-9,12H2,1H3,(H,21,23). The quantitative estimate of drug-likeness (QED) is 0.765. The van der Waals surface area contributed by atoms with E-state index in [9.17, 15) is 9.59 Å². The number of fused-ring (bicyclic) bond motifs is 1. The highest BCUT2D eigenvalue weighted by Crippen LogP contribution is 2.31. The van der Waals surface area contributed by atoms with Gasteiger partial charge in [0.1, 0.15) is 13.2 Å². The molecule has 0 saturated heterocycles. The number of ether oxygens (including phenoxy) is 3. The molecule has 1 aliphatic heterocycles. The first-order valence-corrected chi connectivity index (χ1v) is 8.34. The van der Waals surface area contributed by atoms with Crippen LogP contribution in [0, 0.1) is 0 Å². The van der Waals surface area contributed by atoms with Crippen molar-refractivity contribution in [2.45, 2.75) is 19.4 Å². The van der Waals surface area contributed by atoms with Crippen LogP contribution < -0.4 is 19.5 Å². The Morgan fingerprint density at radius 2 is 1.92 bits per heavy atom. The third-order valence-electron chi connectivity index (χ3n) is 3.94. The Morgan fingerprint density at radius 1 is 1.12 bits per heavy atom. The molecule has 1 aromatic carbocycles. The molecular weight excluding hydrogens is 336 g/mol. The summed E-state index contributed by atoms with van der Waals surface area (Å²) in [7, 11) is 1.54. The van der Waals surface area contributed by atoms with Crippen molar-refractivity contribution in [3.63, 3.8) is 0 Å². The zero-order valence-corrected chi connectivity index (χ0v) is 14.5. The van der Waals surface area contributed by atoms with Gasteiger partial charge in [0.2, 0.25) is 11.8 Å². The fourth-order valence-corrected chi connectivity index (χ4v) is 2.55. The fourth-order valence-electron chi connectivity index (χ4n) is 2.55. The van der Waals surface area contributed by atoms with E-state index in [1.165, 1.54) is 7.11 Å². The van der Waals surface area contributed by atoms with E-state index in [4.69, 9.17) is 14.2 Å². The van der Waals surface area contributed by atoms with Crippen molar-refractivity contribution in [3.8, 4) is 17.4 Å². The molecule has 1 N–H and O–H groups in total. The number of rotatable bonds is 7. The van der Waals surface area contributed by atoms with Crippen molar-refractivity contribution in [1.29, 1.82) is 0 Å². The summed E-state index contributed by atoms with van der Waals surface area (Å²) in [4.78, 5) is 28.3. The number of methoxy groups -OCH3 is 1. The molecule has 7 heteroatoms. The predicted molar refractivity (Wildman–Crippen MR) is 93.6 cm³/mol. The molecule has 3 rings (SSSR count). The number of carbonyl (C=O) groups excluding carboxylic acids is 2. The minimum Gasteiger partial charge on any atom is -0.486 e. The Kier molecular flexibility index (Phi) is 5.68. The van der Waals surface area contributed by atoms with Gasteiger partial charge >= 0.3 is 0 Å². The minimum absolute atomic E-state index is 0.109. The fraction of sp³-hybridized carbons (Fsp3) is 0.316. The third-order valence-corrected chi connectivity index (χ3v) is 3.94. The number of carbonyl (C=O) groups is 2. The SMILES string of the molecule is COc1cc(CNC(=O)CCC(=O)c2ccc3c(c2)OCCO3)ccn1. The van der Waals surface area contributed by atoms with Crippen LogP contribution in [0.4, 0.5) is 0 Å². The van der Waals surface area contributed by atoms with E-state index in [0.29, 0.717) is 42.7 Å². The lowest BCUT2D eigenvalue weighted by molar-refractivity contribution is -0.121. The first-order valence-electron chi connectivity index (χ1n) is 8.34. The van der Waals surface area contributed by atoms with Crippen molar-refractivity contribution < 1.29 is 23.8 Å². The zero-order chi connectivity index (χ0) is 18.4. The van der Waals surface area contributed by atoms with Crippen molar-refractivity contribution in [3.05, 3.63) is 47.7 Å². The number of Topliss-reactive ketones (excluding diaryl/α,β-unsaturated/α-hetero) is 1. The highest BCUT2D eigenvalue weighted by Gasteiger charge is 2.15. The molecule has 0 bridgehead atoms. The Balaban J connectivity index is 1.48. The van der Waals surface area contributed by atoms with E-state index in [2.05, 4.69) is 10.3 Å². The van der Waals surface area contributed by atoms with Crippen molar-refractivity contribution in [2.75, 3.05) is 20.3 Å². The predicted octanol–water partition coefficient (Wildman–Crippen LogP) is 2.14. The molecule has 2 aromatic rings. The maximum absolute atomic E-state index is 12.3. The van der Waals surface area contributed by atoms with Crippen LogP contribution in [0.2, 0.25) is 0 Å². The lowest BCUT2D eigenvalue weighted by Crippen LogP contribution is -2.23. The normalized spacial score (nSPS) is 12.3. The van der Waals surface area contributed by atoms with Gasteiger partial charge in [-0.05, 0) is 29.8 Å². The van der Waals surface area contributed by atoms with Crippen molar-refractivity contribution >= 4 is 11.7 Å². The number of pyridine rings is 1. The van der Waals surface area contributed by atoms with Gasteiger partial charge in [-0.25, -0.2) is 4.98 Å². The molecule has 0 saturated carbocycles. The molecule has 0 fully saturated rings. The molecule has 136 valence electrons. The molecule has 2 heterocycles. The number of hydrogen-bond acceptors (Lipinski definition) is 6. The maximum Gasteiger partial charge on any atom is 0.220 e. The topological polar surface area (TPSA) is 86.8 Å². The summed E-state index contributed by atoms with van der Waals surface area (Å²) >= 11 is 0. The van der Waals surface area contributed by atoms with Crippen LogP contribution in [0.1, 0.15) is 28.8 Å². The molecule has 26 heavy (non-hydrogen) atoms. The Bertz CT molecular complexity index is 806. The molecule has 0 atom stereocenters.